The summed E-state index contributed by atoms with van der Waals surface area (Å²) in [6.07, 6.45) is 0.0949. The zero-order valence-corrected chi connectivity index (χ0v) is 13.5. The van der Waals surface area contributed by atoms with Crippen LogP contribution in [0.4, 0.5) is 0 Å². The van der Waals surface area contributed by atoms with Crippen LogP contribution in [0.3, 0.4) is 0 Å². The van der Waals surface area contributed by atoms with Gasteiger partial charge in [0.15, 0.2) is 0 Å². The first-order valence-corrected chi connectivity index (χ1v) is 6.76. The highest BCUT2D eigenvalue weighted by molar-refractivity contribution is 5.85. The number of amides is 1. The molecular weight excluding hydrogens is 292 g/mol. The molecule has 1 aromatic rings. The number of benzene rings is 1. The molecule has 21 heavy (non-hydrogen) atoms. The monoisotopic (exact) mass is 316 g/mol. The Balaban J connectivity index is 0.00000400. The summed E-state index contributed by atoms with van der Waals surface area (Å²) < 4.78 is 10.6. The van der Waals surface area contributed by atoms with Gasteiger partial charge in [-0.05, 0) is 5.56 Å². The molecule has 5 nitrogen and oxygen atoms in total. The lowest BCUT2D eigenvalue weighted by molar-refractivity contribution is -0.133. The molecule has 6 heteroatoms. The van der Waals surface area contributed by atoms with Crippen molar-refractivity contribution in [2.45, 2.75) is 19.1 Å². The molecule has 1 aromatic carbocycles. The zero-order valence-electron chi connectivity index (χ0n) is 12.7. The Hall–Kier alpha value is -1.14. The molecule has 0 bridgehead atoms. The number of nitrogens with two attached hydrogens (primary N) is 1. The molecule has 0 aliphatic carbocycles. The van der Waals surface area contributed by atoms with E-state index in [9.17, 15) is 4.79 Å². The van der Waals surface area contributed by atoms with Gasteiger partial charge in [-0.1, -0.05) is 30.3 Å². The third-order valence-corrected chi connectivity index (χ3v) is 3.11. The minimum atomic E-state index is -0.213. The average Bonchev–Trinajstić information content (AvgIpc) is 2.49. The Kier molecular flexibility index (Phi) is 10.9. The van der Waals surface area contributed by atoms with E-state index in [4.69, 9.17) is 15.2 Å². The molecule has 0 radical (unpaired) electrons. The minimum absolute atomic E-state index is 0. The zero-order chi connectivity index (χ0) is 14.8. The van der Waals surface area contributed by atoms with Crippen LogP contribution in [-0.2, 0) is 20.9 Å². The number of likely N-dealkylation sites (N-methyl/N-ethyl adjacent to an activating group) is 1. The molecule has 0 saturated heterocycles. The molecule has 1 rings (SSSR count). The van der Waals surface area contributed by atoms with E-state index in [1.807, 2.05) is 30.3 Å². The number of carbonyl (C=O) groups is 1. The Morgan fingerprint density at radius 2 is 2.00 bits per heavy atom. The topological polar surface area (TPSA) is 64.8 Å². The van der Waals surface area contributed by atoms with Crippen molar-refractivity contribution in [2.75, 3.05) is 33.9 Å². The SMILES string of the molecule is COC(CN)CC(=O)N(C)CCOCc1ccccc1.Cl. The summed E-state index contributed by atoms with van der Waals surface area (Å²) in [4.78, 5) is 13.5. The maximum Gasteiger partial charge on any atom is 0.225 e. The van der Waals surface area contributed by atoms with Crippen LogP contribution in [-0.4, -0.2) is 50.8 Å². The first-order chi connectivity index (χ1) is 9.67. The van der Waals surface area contributed by atoms with Crippen molar-refractivity contribution >= 4 is 18.3 Å². The Morgan fingerprint density at radius 3 is 2.57 bits per heavy atom. The highest BCUT2D eigenvalue weighted by Gasteiger charge is 2.14. The van der Waals surface area contributed by atoms with Crippen molar-refractivity contribution in [3.8, 4) is 0 Å². The van der Waals surface area contributed by atoms with Crippen LogP contribution in [0.25, 0.3) is 0 Å². The Morgan fingerprint density at radius 1 is 1.33 bits per heavy atom. The lowest BCUT2D eigenvalue weighted by Gasteiger charge is -2.20. The molecule has 1 unspecified atom stereocenters. The lowest BCUT2D eigenvalue weighted by Crippen LogP contribution is -2.35. The van der Waals surface area contributed by atoms with Crippen molar-refractivity contribution in [1.82, 2.24) is 4.90 Å². The lowest BCUT2D eigenvalue weighted by atomic mass is 10.2. The fraction of sp³-hybridized carbons (Fsp3) is 0.533. The number of hydrogen-bond donors (Lipinski definition) is 1. The number of nitrogens with zero attached hydrogens (tertiary/aromatic N) is 1. The predicted octanol–water partition coefficient (Wildman–Crippen LogP) is 1.45. The Labute approximate surface area is 132 Å². The van der Waals surface area contributed by atoms with Gasteiger partial charge in [-0.15, -0.1) is 12.4 Å². The third-order valence-electron chi connectivity index (χ3n) is 3.11. The van der Waals surface area contributed by atoms with E-state index >= 15 is 0 Å². The Bertz CT molecular complexity index is 386. The highest BCUT2D eigenvalue weighted by atomic mass is 35.5. The number of carbonyl (C=O) groups excluding carboxylic acids is 1. The molecule has 1 atom stereocenters. The molecule has 1 amide bonds. The fourth-order valence-electron chi connectivity index (χ4n) is 1.70. The smallest absolute Gasteiger partial charge is 0.225 e. The van der Waals surface area contributed by atoms with Gasteiger partial charge in [0.25, 0.3) is 0 Å². The van der Waals surface area contributed by atoms with Crippen LogP contribution in [0.15, 0.2) is 30.3 Å². The quantitative estimate of drug-likeness (QED) is 0.700. The maximum atomic E-state index is 11.9. The minimum Gasteiger partial charge on any atom is -0.380 e. The summed E-state index contributed by atoms with van der Waals surface area (Å²) in [6.45, 7) is 1.98. The number of methoxy groups -OCH3 is 1. The van der Waals surface area contributed by atoms with Crippen LogP contribution >= 0.6 is 12.4 Å². The molecule has 0 spiro atoms. The number of ether oxygens (including phenoxy) is 2. The van der Waals surface area contributed by atoms with Crippen LogP contribution in [0.1, 0.15) is 12.0 Å². The molecular formula is C15H25ClN2O3. The number of halogens is 1. The summed E-state index contributed by atoms with van der Waals surface area (Å²) in [6, 6.07) is 9.95. The number of hydrogen-bond acceptors (Lipinski definition) is 4. The van der Waals surface area contributed by atoms with Crippen LogP contribution in [0.2, 0.25) is 0 Å². The van der Waals surface area contributed by atoms with Gasteiger partial charge in [-0.25, -0.2) is 0 Å². The van der Waals surface area contributed by atoms with Gasteiger partial charge in [0, 0.05) is 27.2 Å². The van der Waals surface area contributed by atoms with Crippen LogP contribution in [0.5, 0.6) is 0 Å². The highest BCUT2D eigenvalue weighted by Crippen LogP contribution is 2.02. The van der Waals surface area contributed by atoms with Crippen molar-refractivity contribution in [2.24, 2.45) is 5.73 Å². The second kappa shape index (κ2) is 11.5. The van der Waals surface area contributed by atoms with Gasteiger partial charge < -0.3 is 20.1 Å². The largest absolute Gasteiger partial charge is 0.380 e. The standard InChI is InChI=1S/C15H24N2O3.ClH/c1-17(15(18)10-14(11-16)19-2)8-9-20-12-13-6-4-3-5-7-13;/h3-7,14H,8-12,16H2,1-2H3;1H. The van der Waals surface area contributed by atoms with Gasteiger partial charge in [-0.3, -0.25) is 4.79 Å². The van der Waals surface area contributed by atoms with Gasteiger partial charge in [-0.2, -0.15) is 0 Å². The van der Waals surface area contributed by atoms with E-state index in [-0.39, 0.29) is 24.4 Å². The first kappa shape index (κ1) is 19.9. The first-order valence-electron chi connectivity index (χ1n) is 6.76. The summed E-state index contributed by atoms with van der Waals surface area (Å²) in [7, 11) is 3.32. The summed E-state index contributed by atoms with van der Waals surface area (Å²) >= 11 is 0. The van der Waals surface area contributed by atoms with E-state index in [0.717, 1.165) is 5.56 Å². The van der Waals surface area contributed by atoms with E-state index < -0.39 is 0 Å². The molecule has 0 aliphatic rings. The second-order valence-corrected chi connectivity index (χ2v) is 4.65. The predicted molar refractivity (Wildman–Crippen MR) is 85.5 cm³/mol. The van der Waals surface area contributed by atoms with Gasteiger partial charge >= 0.3 is 0 Å². The molecule has 0 fully saturated rings. The number of rotatable bonds is 9. The van der Waals surface area contributed by atoms with Crippen molar-refractivity contribution in [1.29, 1.82) is 0 Å². The van der Waals surface area contributed by atoms with E-state index in [0.29, 0.717) is 32.7 Å². The van der Waals surface area contributed by atoms with E-state index in [2.05, 4.69) is 0 Å². The van der Waals surface area contributed by atoms with E-state index in [1.54, 1.807) is 19.1 Å². The molecule has 120 valence electrons. The van der Waals surface area contributed by atoms with Gasteiger partial charge in [0.1, 0.15) is 0 Å². The average molecular weight is 317 g/mol. The fourth-order valence-corrected chi connectivity index (χ4v) is 1.70. The summed E-state index contributed by atoms with van der Waals surface area (Å²) in [5.74, 6) is 0.0191. The summed E-state index contributed by atoms with van der Waals surface area (Å²) in [5.41, 5.74) is 6.63. The van der Waals surface area contributed by atoms with Crippen LogP contribution < -0.4 is 5.73 Å². The third kappa shape index (κ3) is 8.02. The second-order valence-electron chi connectivity index (χ2n) is 4.65. The van der Waals surface area contributed by atoms with Crippen LogP contribution in [0, 0.1) is 0 Å². The molecule has 0 heterocycles. The maximum absolute atomic E-state index is 11.9. The molecule has 0 aromatic heterocycles. The van der Waals surface area contributed by atoms with Crippen molar-refractivity contribution in [3.05, 3.63) is 35.9 Å². The van der Waals surface area contributed by atoms with Gasteiger partial charge in [0.2, 0.25) is 5.91 Å². The molecule has 0 saturated carbocycles. The molecule has 2 N–H and O–H groups in total. The van der Waals surface area contributed by atoms with Gasteiger partial charge in [0.05, 0.1) is 25.7 Å². The molecule has 0 aliphatic heterocycles. The summed E-state index contributed by atoms with van der Waals surface area (Å²) in [5, 5.41) is 0. The van der Waals surface area contributed by atoms with E-state index in [1.165, 1.54) is 0 Å². The van der Waals surface area contributed by atoms with Crippen molar-refractivity contribution < 1.29 is 14.3 Å². The van der Waals surface area contributed by atoms with Crippen molar-refractivity contribution in [3.63, 3.8) is 0 Å². The normalized spacial score (nSPS) is 11.6.